The molecule has 4 aromatic rings. The zero-order valence-corrected chi connectivity index (χ0v) is 19.6. The van der Waals surface area contributed by atoms with Crippen molar-refractivity contribution < 1.29 is 9.84 Å². The molecule has 0 aliphatic heterocycles. The highest BCUT2D eigenvalue weighted by molar-refractivity contribution is 5.42. The summed E-state index contributed by atoms with van der Waals surface area (Å²) < 4.78 is 8.14. The largest absolute Gasteiger partial charge is 0.439 e. The van der Waals surface area contributed by atoms with Crippen LogP contribution in [-0.2, 0) is 13.1 Å². The van der Waals surface area contributed by atoms with E-state index in [2.05, 4.69) is 15.0 Å². The van der Waals surface area contributed by atoms with Crippen molar-refractivity contribution in [2.75, 3.05) is 6.61 Å². The number of rotatable bonds is 8. The molecule has 0 saturated heterocycles. The average molecular weight is 485 g/mol. The van der Waals surface area contributed by atoms with Crippen molar-refractivity contribution >= 4 is 5.69 Å². The molecule has 2 heterocycles. The highest BCUT2D eigenvalue weighted by Gasteiger charge is 2.10. The molecule has 10 heteroatoms. The van der Waals surface area contributed by atoms with Crippen LogP contribution in [0, 0.1) is 18.3 Å². The molecule has 10 nitrogen and oxygen atoms in total. The molecule has 2 aromatic carbocycles. The second-order valence-electron chi connectivity index (χ2n) is 8.02. The van der Waals surface area contributed by atoms with Crippen molar-refractivity contribution in [3.8, 4) is 17.7 Å². The lowest BCUT2D eigenvalue weighted by Crippen LogP contribution is -2.50. The third-order valence-electron chi connectivity index (χ3n) is 5.31. The fourth-order valence-electron chi connectivity index (χ4n) is 3.45. The van der Waals surface area contributed by atoms with E-state index in [9.17, 15) is 9.59 Å². The Bertz CT molecular complexity index is 1580. The second kappa shape index (κ2) is 11.1. The number of hydrogen-bond donors (Lipinski definition) is 2. The normalized spacial score (nSPS) is 11.3. The number of nitriles is 1. The monoisotopic (exact) mass is 484 g/mol. The number of ether oxygens (including phenoxy) is 1. The molecule has 0 saturated carbocycles. The minimum absolute atomic E-state index is 0.0892. The lowest BCUT2D eigenvalue weighted by Gasteiger charge is -2.11. The van der Waals surface area contributed by atoms with Crippen molar-refractivity contribution in [3.63, 3.8) is 0 Å². The molecule has 0 fully saturated rings. The fourth-order valence-corrected chi connectivity index (χ4v) is 3.45. The summed E-state index contributed by atoms with van der Waals surface area (Å²) in [6.45, 7) is 2.13. The predicted molar refractivity (Wildman–Crippen MR) is 132 cm³/mol. The first-order valence-electron chi connectivity index (χ1n) is 11.3. The second-order valence-corrected chi connectivity index (χ2v) is 8.02. The van der Waals surface area contributed by atoms with E-state index in [1.807, 2.05) is 37.3 Å². The molecule has 0 bridgehead atoms. The van der Waals surface area contributed by atoms with Gasteiger partial charge in [-0.15, -0.1) is 0 Å². The van der Waals surface area contributed by atoms with Gasteiger partial charge in [0, 0.05) is 19.2 Å². The number of nitrogens with one attached hydrogen (secondary N) is 1. The van der Waals surface area contributed by atoms with Gasteiger partial charge in [0.2, 0.25) is 11.5 Å². The van der Waals surface area contributed by atoms with E-state index >= 15 is 0 Å². The zero-order chi connectivity index (χ0) is 25.5. The Morgan fingerprint density at radius 1 is 1.06 bits per heavy atom. The number of nitrogens with zero attached hydrogens (tertiary/aromatic N) is 5. The Hall–Kier alpha value is -4.75. The van der Waals surface area contributed by atoms with Gasteiger partial charge in [-0.1, -0.05) is 35.9 Å². The molecular formula is C26H24N6O4. The van der Waals surface area contributed by atoms with Gasteiger partial charge < -0.3 is 9.84 Å². The number of aryl methyl sites for hydroxylation is 1. The van der Waals surface area contributed by atoms with Gasteiger partial charge >= 0.3 is 11.4 Å². The Balaban J connectivity index is 1.70. The van der Waals surface area contributed by atoms with E-state index in [4.69, 9.17) is 15.1 Å². The van der Waals surface area contributed by atoms with Gasteiger partial charge in [0.15, 0.2) is 0 Å². The summed E-state index contributed by atoms with van der Waals surface area (Å²) >= 11 is 0. The summed E-state index contributed by atoms with van der Waals surface area (Å²) in [4.78, 5) is 37.1. The van der Waals surface area contributed by atoms with Gasteiger partial charge in [-0.3, -0.25) is 9.55 Å². The summed E-state index contributed by atoms with van der Waals surface area (Å²) in [5.74, 6) is 0.766. The van der Waals surface area contributed by atoms with E-state index in [0.717, 1.165) is 15.7 Å². The molecule has 4 rings (SSSR count). The molecule has 36 heavy (non-hydrogen) atoms. The van der Waals surface area contributed by atoms with Crippen LogP contribution >= 0.6 is 0 Å². The van der Waals surface area contributed by atoms with Crippen LogP contribution in [0.15, 0.2) is 81.3 Å². The fraction of sp³-hybridized carbons (Fsp3) is 0.192. The van der Waals surface area contributed by atoms with E-state index < -0.39 is 11.4 Å². The highest BCUT2D eigenvalue weighted by Crippen LogP contribution is 2.22. The third kappa shape index (κ3) is 5.84. The molecule has 0 aliphatic rings. The van der Waals surface area contributed by atoms with Crippen LogP contribution in [0.2, 0.25) is 0 Å². The molecule has 0 atom stereocenters. The first-order chi connectivity index (χ1) is 17.5. The summed E-state index contributed by atoms with van der Waals surface area (Å²) in [6, 6.07) is 21.3. The minimum atomic E-state index is -0.601. The molecule has 0 spiro atoms. The van der Waals surface area contributed by atoms with Crippen LogP contribution in [0.25, 0.3) is 0 Å². The van der Waals surface area contributed by atoms with E-state index in [1.165, 1.54) is 4.57 Å². The summed E-state index contributed by atoms with van der Waals surface area (Å²) in [5.41, 5.74) is 1.67. The highest BCUT2D eigenvalue weighted by atomic mass is 16.5. The molecular weight excluding hydrogens is 460 g/mol. The summed E-state index contributed by atoms with van der Waals surface area (Å²) in [6.07, 6.45) is 0.275. The number of aromatic nitrogens is 4. The number of aliphatic hydroxyl groups is 1. The smallest absolute Gasteiger partial charge is 0.335 e. The number of pyridine rings is 1. The third-order valence-corrected chi connectivity index (χ3v) is 5.31. The molecule has 0 aliphatic carbocycles. The topological polar surface area (TPSA) is 138 Å². The molecule has 2 aromatic heterocycles. The van der Waals surface area contributed by atoms with E-state index in [-0.39, 0.29) is 43.3 Å². The molecule has 182 valence electrons. The molecule has 2 N–H and O–H groups in total. The van der Waals surface area contributed by atoms with Gasteiger partial charge in [-0.05, 0) is 49.2 Å². The van der Waals surface area contributed by atoms with Crippen LogP contribution in [0.4, 0.5) is 5.69 Å². The van der Waals surface area contributed by atoms with Crippen molar-refractivity contribution in [1.82, 2.24) is 19.1 Å². The van der Waals surface area contributed by atoms with Gasteiger partial charge in [-0.2, -0.15) is 5.26 Å². The van der Waals surface area contributed by atoms with Crippen molar-refractivity contribution in [3.05, 3.63) is 110 Å². The van der Waals surface area contributed by atoms with Gasteiger partial charge in [0.25, 0.3) is 0 Å². The molecule has 0 amide bonds. The quantitative estimate of drug-likeness (QED) is 0.394. The SMILES string of the molecule is Cc1ccc(Cn2c(=O)n(CCCO)c(=O)[nH]/c2=N\c2ccc(Oc3cccc(C#N)n3)cc2)cc1. The van der Waals surface area contributed by atoms with Gasteiger partial charge in [-0.25, -0.2) is 24.1 Å². The maximum Gasteiger partial charge on any atom is 0.335 e. The standard InChI is InChI=1S/C26H24N6O4/c1-18-6-8-19(9-7-18)17-32-24(30-25(34)31(26(32)35)14-3-15-33)29-20-10-12-22(13-11-20)36-23-5-2-4-21(16-27)28-23/h2,4-13,33H,3,14-15,17H2,1H3,(H,29,30,34). The first kappa shape index (κ1) is 24.4. The van der Waals surface area contributed by atoms with Crippen molar-refractivity contribution in [1.29, 1.82) is 5.26 Å². The lowest BCUT2D eigenvalue weighted by atomic mass is 10.1. The number of aromatic amines is 1. The van der Waals surface area contributed by atoms with Crippen molar-refractivity contribution in [2.45, 2.75) is 26.4 Å². The van der Waals surface area contributed by atoms with Crippen LogP contribution in [-0.4, -0.2) is 30.8 Å². The summed E-state index contributed by atoms with van der Waals surface area (Å²) in [5, 5.41) is 18.1. The van der Waals surface area contributed by atoms with Crippen LogP contribution in [0.1, 0.15) is 23.2 Å². The number of aliphatic hydroxyl groups excluding tert-OH is 1. The predicted octanol–water partition coefficient (Wildman–Crippen LogP) is 2.37. The maximum atomic E-state index is 13.2. The van der Waals surface area contributed by atoms with Crippen LogP contribution in [0.3, 0.4) is 0 Å². The molecule has 0 radical (unpaired) electrons. The van der Waals surface area contributed by atoms with Gasteiger partial charge in [0.05, 0.1) is 12.2 Å². The zero-order valence-electron chi connectivity index (χ0n) is 19.6. The number of benzene rings is 2. The Morgan fingerprint density at radius 3 is 2.50 bits per heavy atom. The van der Waals surface area contributed by atoms with E-state index in [1.54, 1.807) is 42.5 Å². The number of hydrogen-bond acceptors (Lipinski definition) is 7. The van der Waals surface area contributed by atoms with Crippen LogP contribution in [0.5, 0.6) is 11.6 Å². The number of H-pyrrole nitrogens is 1. The maximum absolute atomic E-state index is 13.2. The average Bonchev–Trinajstić information content (AvgIpc) is 2.88. The Morgan fingerprint density at radius 2 is 1.81 bits per heavy atom. The lowest BCUT2D eigenvalue weighted by molar-refractivity contribution is 0.276. The first-order valence-corrected chi connectivity index (χ1v) is 11.3. The Labute approximate surface area is 206 Å². The van der Waals surface area contributed by atoms with E-state index in [0.29, 0.717) is 11.4 Å². The van der Waals surface area contributed by atoms with Crippen molar-refractivity contribution in [2.24, 2.45) is 4.99 Å². The Kier molecular flexibility index (Phi) is 7.53. The van der Waals surface area contributed by atoms with Gasteiger partial charge in [0.1, 0.15) is 17.5 Å². The van der Waals surface area contributed by atoms with Crippen LogP contribution < -0.4 is 21.7 Å². The minimum Gasteiger partial charge on any atom is -0.439 e. The summed E-state index contributed by atoms with van der Waals surface area (Å²) in [7, 11) is 0. The molecule has 0 unspecified atom stereocenters.